The Morgan fingerprint density at radius 1 is 1.22 bits per heavy atom. The normalized spacial score (nSPS) is 25.0. The van der Waals surface area contributed by atoms with Crippen molar-refractivity contribution in [2.45, 2.75) is 57.3 Å². The maximum atomic E-state index is 11.7. The molecule has 4 nitrogen and oxygen atoms in total. The summed E-state index contributed by atoms with van der Waals surface area (Å²) in [7, 11) is 0. The first-order valence-electron chi connectivity index (χ1n) is 6.68. The highest BCUT2D eigenvalue weighted by molar-refractivity contribution is 5.87. The van der Waals surface area contributed by atoms with Gasteiger partial charge in [-0.05, 0) is 26.2 Å². The zero-order chi connectivity index (χ0) is 13.2. The molecule has 18 heavy (non-hydrogen) atoms. The van der Waals surface area contributed by atoms with Crippen LogP contribution in [0.4, 0.5) is 0 Å². The number of rotatable bonds is 3. The average Bonchev–Trinajstić information content (AvgIpc) is 2.81. The van der Waals surface area contributed by atoms with Crippen molar-refractivity contribution < 1.29 is 19.0 Å². The van der Waals surface area contributed by atoms with Crippen molar-refractivity contribution in [3.8, 4) is 0 Å². The van der Waals surface area contributed by atoms with E-state index < -0.39 is 5.79 Å². The van der Waals surface area contributed by atoms with E-state index in [9.17, 15) is 4.79 Å². The minimum absolute atomic E-state index is 0.291. The lowest BCUT2D eigenvalue weighted by Crippen LogP contribution is -2.45. The monoisotopic (exact) mass is 254 g/mol. The van der Waals surface area contributed by atoms with Crippen LogP contribution in [0.1, 0.15) is 46.0 Å². The summed E-state index contributed by atoms with van der Waals surface area (Å²) >= 11 is 0. The van der Waals surface area contributed by atoms with Gasteiger partial charge in [-0.2, -0.15) is 0 Å². The molecule has 0 amide bonds. The van der Waals surface area contributed by atoms with Crippen LogP contribution >= 0.6 is 0 Å². The van der Waals surface area contributed by atoms with Gasteiger partial charge in [-0.1, -0.05) is 13.5 Å². The number of carbonyl (C=O) groups excluding carboxylic acids is 1. The Balaban J connectivity index is 1.99. The summed E-state index contributed by atoms with van der Waals surface area (Å²) in [6, 6.07) is 0. The molecule has 0 N–H and O–H groups in total. The average molecular weight is 254 g/mol. The van der Waals surface area contributed by atoms with Crippen LogP contribution in [0.5, 0.6) is 0 Å². The van der Waals surface area contributed by atoms with Gasteiger partial charge in [0.1, 0.15) is 5.60 Å². The van der Waals surface area contributed by atoms with E-state index in [2.05, 4.69) is 13.5 Å². The summed E-state index contributed by atoms with van der Waals surface area (Å²) < 4.78 is 17.0. The fraction of sp³-hybridized carbons (Fsp3) is 0.786. The molecule has 0 aromatic rings. The van der Waals surface area contributed by atoms with Gasteiger partial charge < -0.3 is 14.2 Å². The van der Waals surface area contributed by atoms with E-state index in [1.165, 1.54) is 0 Å². The van der Waals surface area contributed by atoms with Crippen LogP contribution in [0.3, 0.4) is 0 Å². The molecule has 2 aliphatic rings. The third kappa shape index (κ3) is 2.59. The van der Waals surface area contributed by atoms with E-state index in [-0.39, 0.29) is 11.6 Å². The molecule has 1 heterocycles. The summed E-state index contributed by atoms with van der Waals surface area (Å²) in [6.07, 6.45) is 4.00. The Hall–Kier alpha value is -0.870. The SMILES string of the molecule is C=C(C)C(=O)OC1(CC)CCC2(CC1)OCCO2. The van der Waals surface area contributed by atoms with Crippen LogP contribution in [-0.4, -0.2) is 30.6 Å². The summed E-state index contributed by atoms with van der Waals surface area (Å²) in [5, 5.41) is 0. The molecule has 0 unspecified atom stereocenters. The summed E-state index contributed by atoms with van der Waals surface area (Å²) in [5.41, 5.74) is 0.0906. The molecule has 2 rings (SSSR count). The number of esters is 1. The minimum atomic E-state index is -0.408. The lowest BCUT2D eigenvalue weighted by atomic mass is 9.79. The molecular formula is C14H22O4. The first-order valence-corrected chi connectivity index (χ1v) is 6.68. The number of carbonyl (C=O) groups is 1. The second-order valence-corrected chi connectivity index (χ2v) is 5.31. The van der Waals surface area contributed by atoms with Gasteiger partial charge in [0.25, 0.3) is 0 Å². The maximum absolute atomic E-state index is 11.7. The standard InChI is InChI=1S/C14H22O4/c1-4-13(18-12(15)11(2)3)5-7-14(8-6-13)16-9-10-17-14/h2,4-10H2,1,3H3. The quantitative estimate of drug-likeness (QED) is 0.573. The molecule has 0 bridgehead atoms. The van der Waals surface area contributed by atoms with Crippen molar-refractivity contribution in [1.29, 1.82) is 0 Å². The molecule has 2 fully saturated rings. The molecule has 1 saturated carbocycles. The number of ether oxygens (including phenoxy) is 3. The minimum Gasteiger partial charge on any atom is -0.456 e. The molecule has 102 valence electrons. The Morgan fingerprint density at radius 3 is 2.22 bits per heavy atom. The molecule has 0 aromatic heterocycles. The highest BCUT2D eigenvalue weighted by Gasteiger charge is 2.47. The van der Waals surface area contributed by atoms with Gasteiger partial charge in [-0.3, -0.25) is 0 Å². The number of hydrogen-bond donors (Lipinski definition) is 0. The largest absolute Gasteiger partial charge is 0.456 e. The van der Waals surface area contributed by atoms with Gasteiger partial charge in [0, 0.05) is 18.4 Å². The van der Waals surface area contributed by atoms with Crippen LogP contribution in [0.25, 0.3) is 0 Å². The van der Waals surface area contributed by atoms with Crippen molar-refractivity contribution in [1.82, 2.24) is 0 Å². The van der Waals surface area contributed by atoms with Crippen molar-refractivity contribution >= 4 is 5.97 Å². The van der Waals surface area contributed by atoms with E-state index in [1.54, 1.807) is 6.92 Å². The fourth-order valence-corrected chi connectivity index (χ4v) is 2.68. The van der Waals surface area contributed by atoms with E-state index >= 15 is 0 Å². The predicted molar refractivity (Wildman–Crippen MR) is 67.0 cm³/mol. The van der Waals surface area contributed by atoms with Crippen LogP contribution in [0.2, 0.25) is 0 Å². The van der Waals surface area contributed by atoms with Gasteiger partial charge in [0.15, 0.2) is 5.79 Å². The predicted octanol–water partition coefficient (Wildman–Crippen LogP) is 2.57. The smallest absolute Gasteiger partial charge is 0.333 e. The highest BCUT2D eigenvalue weighted by Crippen LogP contribution is 2.43. The van der Waals surface area contributed by atoms with Gasteiger partial charge >= 0.3 is 5.97 Å². The van der Waals surface area contributed by atoms with Crippen molar-refractivity contribution in [3.63, 3.8) is 0 Å². The molecule has 4 heteroatoms. The Morgan fingerprint density at radius 2 is 1.78 bits per heavy atom. The van der Waals surface area contributed by atoms with Crippen LogP contribution in [-0.2, 0) is 19.0 Å². The van der Waals surface area contributed by atoms with E-state index in [0.29, 0.717) is 18.8 Å². The first kappa shape index (κ1) is 13.6. The van der Waals surface area contributed by atoms with E-state index in [0.717, 1.165) is 32.1 Å². The molecule has 0 aromatic carbocycles. The van der Waals surface area contributed by atoms with Crippen molar-refractivity contribution in [2.75, 3.05) is 13.2 Å². The Bertz CT molecular complexity index is 332. The van der Waals surface area contributed by atoms with Crippen molar-refractivity contribution in [3.05, 3.63) is 12.2 Å². The molecule has 0 radical (unpaired) electrons. The zero-order valence-electron chi connectivity index (χ0n) is 11.3. The Labute approximate surface area is 108 Å². The van der Waals surface area contributed by atoms with E-state index in [1.807, 2.05) is 0 Å². The summed E-state index contributed by atoms with van der Waals surface area (Å²) in [5.74, 6) is -0.699. The van der Waals surface area contributed by atoms with Gasteiger partial charge in [0.2, 0.25) is 0 Å². The number of hydrogen-bond acceptors (Lipinski definition) is 4. The van der Waals surface area contributed by atoms with Gasteiger partial charge in [-0.15, -0.1) is 0 Å². The maximum Gasteiger partial charge on any atom is 0.333 e. The van der Waals surface area contributed by atoms with Gasteiger partial charge in [0.05, 0.1) is 13.2 Å². The summed E-state index contributed by atoms with van der Waals surface area (Å²) in [6.45, 7) is 8.71. The first-order chi connectivity index (χ1) is 8.51. The second kappa shape index (κ2) is 5.02. The fourth-order valence-electron chi connectivity index (χ4n) is 2.68. The molecule has 1 aliphatic carbocycles. The molecule has 1 spiro atoms. The second-order valence-electron chi connectivity index (χ2n) is 5.31. The third-order valence-corrected chi connectivity index (χ3v) is 4.04. The zero-order valence-corrected chi connectivity index (χ0v) is 11.3. The molecule has 1 aliphatic heterocycles. The van der Waals surface area contributed by atoms with Gasteiger partial charge in [-0.25, -0.2) is 4.79 Å². The lowest BCUT2D eigenvalue weighted by Gasteiger charge is -2.42. The van der Waals surface area contributed by atoms with Crippen LogP contribution < -0.4 is 0 Å². The Kier molecular flexibility index (Phi) is 3.78. The molecule has 0 atom stereocenters. The van der Waals surface area contributed by atoms with E-state index in [4.69, 9.17) is 14.2 Å². The summed E-state index contributed by atoms with van der Waals surface area (Å²) in [4.78, 5) is 11.7. The van der Waals surface area contributed by atoms with Crippen LogP contribution in [0.15, 0.2) is 12.2 Å². The van der Waals surface area contributed by atoms with Crippen LogP contribution in [0, 0.1) is 0 Å². The topological polar surface area (TPSA) is 44.8 Å². The molecule has 1 saturated heterocycles. The van der Waals surface area contributed by atoms with Crippen molar-refractivity contribution in [2.24, 2.45) is 0 Å². The molecular weight excluding hydrogens is 232 g/mol. The highest BCUT2D eigenvalue weighted by atomic mass is 16.7. The lowest BCUT2D eigenvalue weighted by molar-refractivity contribution is -0.211. The third-order valence-electron chi connectivity index (χ3n) is 4.04.